The summed E-state index contributed by atoms with van der Waals surface area (Å²) >= 11 is -4.08. The maximum absolute atomic E-state index is 8.58. The molecular formula is H2CaMgO3TiZn. The molecule has 30 valence electrons. The number of rotatable bonds is 0. The predicted molar refractivity (Wildman–Crippen MR) is 14.4 cm³/mol. The van der Waals surface area contributed by atoms with Crippen molar-refractivity contribution in [3.63, 3.8) is 0 Å². The fourth-order valence-electron chi connectivity index (χ4n) is 0. The molecule has 0 aromatic rings. The van der Waals surface area contributed by atoms with Gasteiger partial charge in [-0.25, -0.2) is 0 Å². The van der Waals surface area contributed by atoms with Crippen LogP contribution in [0.2, 0.25) is 0 Å². The van der Waals surface area contributed by atoms with Crippen LogP contribution in [0.25, 0.3) is 0 Å². The Morgan fingerprint density at radius 1 is 1.43 bits per heavy atom. The van der Waals surface area contributed by atoms with Crippen molar-refractivity contribution in [3.8, 4) is 0 Å². The van der Waals surface area contributed by atoms with Crippen LogP contribution in [0.3, 0.4) is 0 Å². The summed E-state index contributed by atoms with van der Waals surface area (Å²) in [7, 11) is 0. The van der Waals surface area contributed by atoms with E-state index in [1.54, 1.807) is 0 Å². The van der Waals surface area contributed by atoms with Crippen LogP contribution >= 0.6 is 0 Å². The Balaban J connectivity index is -0.00000000450. The van der Waals surface area contributed by atoms with E-state index in [0.717, 1.165) is 0 Å². The van der Waals surface area contributed by atoms with Crippen LogP contribution in [0.15, 0.2) is 0 Å². The third kappa shape index (κ3) is 47.9. The minimum atomic E-state index is -4.08. The van der Waals surface area contributed by atoms with E-state index < -0.39 is 18.6 Å². The fourth-order valence-corrected chi connectivity index (χ4v) is 0. The zero-order valence-corrected chi connectivity index (χ0v) is 12.0. The third-order valence-corrected chi connectivity index (χ3v) is 0. The van der Waals surface area contributed by atoms with Crippen molar-refractivity contribution in [1.29, 1.82) is 0 Å². The van der Waals surface area contributed by atoms with Crippen molar-refractivity contribution in [2.75, 3.05) is 0 Å². The zero-order chi connectivity index (χ0) is 3.58. The molecule has 0 fully saturated rings. The Morgan fingerprint density at radius 2 is 1.43 bits per heavy atom. The average molecular weight is 228 g/mol. The van der Waals surface area contributed by atoms with E-state index in [1.165, 1.54) is 0 Å². The topological polar surface area (TPSA) is 63.2 Å². The van der Waals surface area contributed by atoms with Gasteiger partial charge in [0.15, 0.2) is 0 Å². The molecule has 7 heavy (non-hydrogen) atoms. The average Bonchev–Trinajstić information content (AvgIpc) is 0.811. The van der Waals surface area contributed by atoms with Crippen molar-refractivity contribution in [1.82, 2.24) is 0 Å². The minimum Gasteiger partial charge on any atom is 0 e. The summed E-state index contributed by atoms with van der Waals surface area (Å²) in [5.74, 6) is 0. The van der Waals surface area contributed by atoms with Gasteiger partial charge in [-0.3, -0.25) is 0 Å². The van der Waals surface area contributed by atoms with Crippen molar-refractivity contribution in [2.45, 2.75) is 0 Å². The summed E-state index contributed by atoms with van der Waals surface area (Å²) in [4.78, 5) is 0. The standard InChI is InChI=1S/Ca.Mg.3O.Ti.Zn.2H/q2*+2;;2*-1;;;2*-1. The Hall–Kier alpha value is 3.08. The van der Waals surface area contributed by atoms with Gasteiger partial charge in [0.1, 0.15) is 0 Å². The molecule has 0 aliphatic heterocycles. The van der Waals surface area contributed by atoms with Gasteiger partial charge in [-0.2, -0.15) is 0 Å². The monoisotopic (exact) mass is 226 g/mol. The van der Waals surface area contributed by atoms with Gasteiger partial charge in [0.25, 0.3) is 0 Å². The van der Waals surface area contributed by atoms with E-state index in [4.69, 9.17) is 10.7 Å². The molecule has 0 unspecified atom stereocenters. The molecule has 0 N–H and O–H groups in total. The first-order chi connectivity index (χ1) is 1.73. The van der Waals surface area contributed by atoms with Crippen LogP contribution in [0.1, 0.15) is 2.85 Å². The molecule has 0 aliphatic rings. The first-order valence-corrected chi connectivity index (χ1v) is 2.52. The molecule has 0 atom stereocenters. The van der Waals surface area contributed by atoms with E-state index in [1.807, 2.05) is 0 Å². The van der Waals surface area contributed by atoms with Crippen LogP contribution in [0.4, 0.5) is 0 Å². The second kappa shape index (κ2) is 16.0. The maximum Gasteiger partial charge on any atom is 0 e. The maximum atomic E-state index is 8.58. The Bertz CT molecular complexity index is 44.8. The van der Waals surface area contributed by atoms with Crippen LogP contribution in [-0.4, -0.2) is 60.8 Å². The number of hydrogen-bond donors (Lipinski definition) is 0. The second-order valence-corrected chi connectivity index (χ2v) is 1.03. The summed E-state index contributed by atoms with van der Waals surface area (Å²) in [6, 6.07) is 0. The van der Waals surface area contributed by atoms with E-state index in [9.17, 15) is 0 Å². The molecule has 0 aliphatic carbocycles. The van der Waals surface area contributed by atoms with Crippen molar-refractivity contribution < 1.29 is 51.6 Å². The van der Waals surface area contributed by atoms with Crippen molar-refractivity contribution in [2.24, 2.45) is 0 Å². The Kier molecular flexibility index (Phi) is 51.5. The molecule has 0 amide bonds. The van der Waals surface area contributed by atoms with Gasteiger partial charge in [0, 0.05) is 19.5 Å². The van der Waals surface area contributed by atoms with Crippen LogP contribution in [0, 0.1) is 0 Å². The largest absolute Gasteiger partial charge is 0 e. The third-order valence-electron chi connectivity index (χ3n) is 0. The normalized spacial score (nSPS) is 3.71. The van der Waals surface area contributed by atoms with Gasteiger partial charge < -0.3 is 2.85 Å². The summed E-state index contributed by atoms with van der Waals surface area (Å²) in [6.07, 6.45) is 0. The first-order valence-electron chi connectivity index (χ1n) is 0.612. The quantitative estimate of drug-likeness (QED) is 0.414. The summed E-state index contributed by atoms with van der Waals surface area (Å²) in [5, 5.41) is 0. The molecule has 3 nitrogen and oxygen atoms in total. The molecule has 0 rings (SSSR count). The van der Waals surface area contributed by atoms with Crippen LogP contribution in [-0.2, 0) is 41.4 Å². The van der Waals surface area contributed by atoms with Gasteiger partial charge in [-0.15, -0.1) is 0 Å². The smallest absolute Gasteiger partial charge is 0 e. The van der Waals surface area contributed by atoms with E-state index in [0.29, 0.717) is 0 Å². The molecule has 0 heterocycles. The zero-order valence-electron chi connectivity index (χ0n) is 5.85. The van der Waals surface area contributed by atoms with Gasteiger partial charge >= 0.3 is 90.1 Å². The van der Waals surface area contributed by atoms with Crippen LogP contribution in [0.5, 0.6) is 0 Å². The predicted octanol–water partition coefficient (Wildman–Crippen LogP) is -3.04. The summed E-state index contributed by atoms with van der Waals surface area (Å²) < 4.78 is 25.8. The van der Waals surface area contributed by atoms with E-state index >= 15 is 0 Å². The van der Waals surface area contributed by atoms with Gasteiger partial charge in [0.05, 0.1) is 0 Å². The second-order valence-electron chi connectivity index (χ2n) is 0.250. The van der Waals surface area contributed by atoms with E-state index in [2.05, 4.69) is 0 Å². The molecule has 0 bridgehead atoms. The fraction of sp³-hybridized carbons (Fsp3) is 0. The molecule has 0 saturated carbocycles. The molecule has 0 spiro atoms. The summed E-state index contributed by atoms with van der Waals surface area (Å²) in [6.45, 7) is 0. The van der Waals surface area contributed by atoms with Gasteiger partial charge in [-0.1, -0.05) is 0 Å². The Morgan fingerprint density at radius 3 is 1.43 bits per heavy atom. The summed E-state index contributed by atoms with van der Waals surface area (Å²) in [5.41, 5.74) is 0. The molecule has 0 aromatic carbocycles. The van der Waals surface area contributed by atoms with Crippen molar-refractivity contribution in [3.05, 3.63) is 0 Å². The van der Waals surface area contributed by atoms with Crippen molar-refractivity contribution >= 4 is 60.8 Å². The molecule has 7 heteroatoms. The van der Waals surface area contributed by atoms with E-state index in [-0.39, 0.29) is 83.1 Å². The number of hydrogen-bond acceptors (Lipinski definition) is 3. The van der Waals surface area contributed by atoms with Gasteiger partial charge in [-0.05, 0) is 0 Å². The SMILES string of the molecule is [Ca+2].[H-].[H-].[Mg+2].[O]=[Ti]([O-])[O-].[Zn]. The van der Waals surface area contributed by atoms with Crippen LogP contribution < -0.4 is 7.38 Å². The Labute approximate surface area is 110 Å². The first kappa shape index (κ1) is 22.5. The molecule has 0 saturated heterocycles. The van der Waals surface area contributed by atoms with Gasteiger partial charge in [0.2, 0.25) is 0 Å². The minimum absolute atomic E-state index is 0. The molecule has 0 aromatic heterocycles. The molecule has 0 radical (unpaired) electrons. The molecular weight excluding hydrogens is 226 g/mol.